The van der Waals surface area contributed by atoms with Gasteiger partial charge < -0.3 is 5.11 Å². The van der Waals surface area contributed by atoms with E-state index in [0.29, 0.717) is 12.0 Å². The van der Waals surface area contributed by atoms with Crippen molar-refractivity contribution < 1.29 is 9.67 Å². The summed E-state index contributed by atoms with van der Waals surface area (Å²) < 4.78 is 3.37. The minimum absolute atomic E-state index is 0.0503. The number of unbranched alkanes of at least 4 members (excludes halogenated alkanes) is 15. The molecule has 0 aliphatic carbocycles. The molecule has 0 saturated heterocycles. The van der Waals surface area contributed by atoms with Crippen molar-refractivity contribution in [2.75, 3.05) is 0 Å². The SMILES string of the molecule is CCCCCCCCCCCCCCCCCCc1c(O)[n+](-c2ccccc2)cn(-c2ccccc2)c1=O. The molecular weight excluding hydrogens is 468 g/mol. The van der Waals surface area contributed by atoms with Crippen LogP contribution in [0.5, 0.6) is 5.88 Å². The standard InChI is InChI=1S/C34H48N2O2/c1-2-3-4-5-6-7-8-9-10-11-12-13-14-15-16-23-28-32-33(37)35(30-24-19-17-20-25-30)29-36(34(32)38)31-26-21-18-22-27-31/h17-22,24-27,29H,2-16,23,28H2,1H3/p+1. The van der Waals surface area contributed by atoms with E-state index in [1.807, 2.05) is 60.7 Å². The van der Waals surface area contributed by atoms with Gasteiger partial charge in [0.05, 0.1) is 0 Å². The van der Waals surface area contributed by atoms with E-state index in [1.54, 1.807) is 15.5 Å². The lowest BCUT2D eigenvalue weighted by molar-refractivity contribution is -0.609. The van der Waals surface area contributed by atoms with Crippen LogP contribution in [0.1, 0.15) is 115 Å². The Balaban J connectivity index is 1.41. The summed E-state index contributed by atoms with van der Waals surface area (Å²) in [6.07, 6.45) is 23.4. The molecule has 4 heteroatoms. The highest BCUT2D eigenvalue weighted by atomic mass is 16.3. The Morgan fingerprint density at radius 3 is 1.58 bits per heavy atom. The number of nitrogens with zero attached hydrogens (tertiary/aromatic N) is 2. The lowest BCUT2D eigenvalue weighted by atomic mass is 10.0. The highest BCUT2D eigenvalue weighted by Crippen LogP contribution is 2.17. The van der Waals surface area contributed by atoms with Crippen molar-refractivity contribution in [1.82, 2.24) is 4.57 Å². The molecule has 4 nitrogen and oxygen atoms in total. The molecule has 0 spiro atoms. The molecule has 0 radical (unpaired) electrons. The number of rotatable bonds is 19. The second-order valence-corrected chi connectivity index (χ2v) is 10.7. The Hall–Kier alpha value is -2.88. The second kappa shape index (κ2) is 17.6. The van der Waals surface area contributed by atoms with Crippen molar-refractivity contribution in [2.24, 2.45) is 0 Å². The average molecular weight is 518 g/mol. The van der Waals surface area contributed by atoms with Crippen LogP contribution < -0.4 is 10.1 Å². The summed E-state index contributed by atoms with van der Waals surface area (Å²) >= 11 is 0. The van der Waals surface area contributed by atoms with Crippen LogP contribution in [0.15, 0.2) is 71.8 Å². The lowest BCUT2D eigenvalue weighted by Gasteiger charge is -2.10. The highest BCUT2D eigenvalue weighted by molar-refractivity contribution is 5.34. The quantitative estimate of drug-likeness (QED) is 0.128. The summed E-state index contributed by atoms with van der Waals surface area (Å²) in [6, 6.07) is 19.4. The van der Waals surface area contributed by atoms with Crippen molar-refractivity contribution in [1.29, 1.82) is 0 Å². The molecule has 0 bridgehead atoms. The van der Waals surface area contributed by atoms with Gasteiger partial charge in [0, 0.05) is 0 Å². The minimum atomic E-state index is -0.137. The van der Waals surface area contributed by atoms with Gasteiger partial charge >= 0.3 is 5.56 Å². The molecule has 1 N–H and O–H groups in total. The Kier molecular flexibility index (Phi) is 13.7. The molecule has 1 heterocycles. The molecule has 3 aromatic rings. The maximum atomic E-state index is 13.4. The van der Waals surface area contributed by atoms with Crippen LogP contribution in [0.4, 0.5) is 0 Å². The fourth-order valence-corrected chi connectivity index (χ4v) is 5.23. The fraction of sp³-hybridized carbons (Fsp3) is 0.529. The van der Waals surface area contributed by atoms with Crippen molar-refractivity contribution in [3.8, 4) is 17.3 Å². The summed E-state index contributed by atoms with van der Waals surface area (Å²) in [6.45, 7) is 2.28. The predicted octanol–water partition coefficient (Wildman–Crippen LogP) is 8.62. The van der Waals surface area contributed by atoms with Gasteiger partial charge in [-0.05, 0) is 37.1 Å². The molecule has 0 aliphatic heterocycles. The Morgan fingerprint density at radius 2 is 1.08 bits per heavy atom. The molecule has 1 aromatic heterocycles. The third-order valence-electron chi connectivity index (χ3n) is 7.56. The van der Waals surface area contributed by atoms with Crippen LogP contribution >= 0.6 is 0 Å². The first kappa shape index (κ1) is 29.7. The normalized spacial score (nSPS) is 11.2. The molecular formula is C34H49N2O2+. The van der Waals surface area contributed by atoms with Crippen LogP contribution in [-0.2, 0) is 6.42 Å². The van der Waals surface area contributed by atoms with E-state index >= 15 is 0 Å². The number of hydrogen-bond acceptors (Lipinski definition) is 2. The van der Waals surface area contributed by atoms with Gasteiger partial charge in [-0.15, -0.1) is 0 Å². The molecule has 206 valence electrons. The highest BCUT2D eigenvalue weighted by Gasteiger charge is 2.23. The first-order chi connectivity index (χ1) is 18.7. The first-order valence-corrected chi connectivity index (χ1v) is 15.2. The molecule has 3 rings (SSSR count). The number of benzene rings is 2. The van der Waals surface area contributed by atoms with Crippen LogP contribution in [-0.4, -0.2) is 9.67 Å². The van der Waals surface area contributed by atoms with Gasteiger partial charge in [0.15, 0.2) is 0 Å². The van der Waals surface area contributed by atoms with Gasteiger partial charge in [0.1, 0.15) is 16.9 Å². The first-order valence-electron chi connectivity index (χ1n) is 15.2. The summed E-state index contributed by atoms with van der Waals surface area (Å²) in [5.41, 5.74) is 1.99. The van der Waals surface area contributed by atoms with Gasteiger partial charge in [-0.2, -0.15) is 9.13 Å². The van der Waals surface area contributed by atoms with Gasteiger partial charge in [0.25, 0.3) is 12.2 Å². The third-order valence-corrected chi connectivity index (χ3v) is 7.56. The van der Waals surface area contributed by atoms with E-state index in [1.165, 1.54) is 89.9 Å². The second-order valence-electron chi connectivity index (χ2n) is 10.7. The number of para-hydroxylation sites is 2. The zero-order valence-corrected chi connectivity index (χ0v) is 23.6. The van der Waals surface area contributed by atoms with Crippen molar-refractivity contribution in [3.63, 3.8) is 0 Å². The number of hydrogen-bond donors (Lipinski definition) is 1. The molecule has 0 saturated carbocycles. The molecule has 0 fully saturated rings. The maximum absolute atomic E-state index is 13.4. The summed E-state index contributed by atoms with van der Waals surface area (Å²) in [5.74, 6) is 0.0503. The van der Waals surface area contributed by atoms with E-state index in [9.17, 15) is 9.90 Å². The summed E-state index contributed by atoms with van der Waals surface area (Å²) in [5, 5.41) is 11.1. The summed E-state index contributed by atoms with van der Waals surface area (Å²) in [7, 11) is 0. The van der Waals surface area contributed by atoms with Crippen LogP contribution in [0.3, 0.4) is 0 Å². The van der Waals surface area contributed by atoms with E-state index in [0.717, 1.165) is 24.2 Å². The largest absolute Gasteiger partial charge is 0.477 e. The summed E-state index contributed by atoms with van der Waals surface area (Å²) in [4.78, 5) is 13.4. The van der Waals surface area contributed by atoms with Gasteiger partial charge in [-0.3, -0.25) is 0 Å². The van der Waals surface area contributed by atoms with E-state index in [2.05, 4.69) is 6.92 Å². The molecule has 0 unspecified atom stereocenters. The zero-order valence-electron chi connectivity index (χ0n) is 23.6. The van der Waals surface area contributed by atoms with E-state index < -0.39 is 0 Å². The van der Waals surface area contributed by atoms with Gasteiger partial charge in [0.2, 0.25) is 0 Å². The lowest BCUT2D eigenvalue weighted by Crippen LogP contribution is -2.39. The molecule has 0 atom stereocenters. The average Bonchev–Trinajstić information content (AvgIpc) is 2.95. The van der Waals surface area contributed by atoms with Crippen LogP contribution in [0, 0.1) is 0 Å². The zero-order chi connectivity index (χ0) is 26.8. The maximum Gasteiger partial charge on any atom is 0.349 e. The van der Waals surface area contributed by atoms with E-state index in [4.69, 9.17) is 0 Å². The molecule has 0 amide bonds. The Labute approximate surface area is 230 Å². The Morgan fingerprint density at radius 1 is 0.632 bits per heavy atom. The smallest absolute Gasteiger partial charge is 0.349 e. The predicted molar refractivity (Wildman–Crippen MR) is 158 cm³/mol. The Bertz CT molecular complexity index is 1090. The molecule has 0 aliphatic rings. The number of aromatic nitrogens is 2. The van der Waals surface area contributed by atoms with Crippen molar-refractivity contribution in [2.45, 2.75) is 116 Å². The van der Waals surface area contributed by atoms with Crippen molar-refractivity contribution in [3.05, 3.63) is 82.9 Å². The fourth-order valence-electron chi connectivity index (χ4n) is 5.23. The monoisotopic (exact) mass is 517 g/mol. The van der Waals surface area contributed by atoms with Gasteiger partial charge in [-0.25, -0.2) is 4.79 Å². The van der Waals surface area contributed by atoms with Crippen LogP contribution in [0.25, 0.3) is 11.4 Å². The number of aromatic hydroxyl groups is 1. The van der Waals surface area contributed by atoms with Gasteiger partial charge in [-0.1, -0.05) is 140 Å². The molecule has 38 heavy (non-hydrogen) atoms. The third kappa shape index (κ3) is 9.78. The topological polar surface area (TPSA) is 46.1 Å². The van der Waals surface area contributed by atoms with E-state index in [-0.39, 0.29) is 11.4 Å². The van der Waals surface area contributed by atoms with Crippen LogP contribution in [0.2, 0.25) is 0 Å². The molecule has 2 aromatic carbocycles. The minimum Gasteiger partial charge on any atom is -0.477 e. The van der Waals surface area contributed by atoms with Crippen molar-refractivity contribution >= 4 is 0 Å².